The highest BCUT2D eigenvalue weighted by Crippen LogP contribution is 2.28. The summed E-state index contributed by atoms with van der Waals surface area (Å²) in [6, 6.07) is 14.9. The van der Waals surface area contributed by atoms with Gasteiger partial charge in [-0.2, -0.15) is 0 Å². The van der Waals surface area contributed by atoms with Crippen LogP contribution in [0.15, 0.2) is 67.0 Å². The van der Waals surface area contributed by atoms with Gasteiger partial charge in [0.05, 0.1) is 18.2 Å². The second-order valence-corrected chi connectivity index (χ2v) is 7.24. The van der Waals surface area contributed by atoms with Crippen LogP contribution in [-0.2, 0) is 6.61 Å². The largest absolute Gasteiger partial charge is 0.497 e. The van der Waals surface area contributed by atoms with Gasteiger partial charge in [-0.05, 0) is 53.6 Å². The number of nitrogens with zero attached hydrogens (tertiary/aromatic N) is 4. The van der Waals surface area contributed by atoms with E-state index in [4.69, 9.17) is 14.6 Å². The van der Waals surface area contributed by atoms with E-state index in [1.54, 1.807) is 48.2 Å². The maximum Gasteiger partial charge on any atom is 0.338 e. The van der Waals surface area contributed by atoms with Gasteiger partial charge in [-0.15, -0.1) is 10.2 Å². The Kier molecular flexibility index (Phi) is 5.06. The topological polar surface area (TPSA) is 98.8 Å². The number of pyridine rings is 2. The number of carboxylic acids is 1. The Morgan fingerprint density at radius 2 is 1.91 bits per heavy atom. The number of aromatic carboxylic acids is 1. The minimum absolute atomic E-state index is 0.141. The molecule has 0 radical (unpaired) electrons. The van der Waals surface area contributed by atoms with E-state index in [2.05, 4.69) is 15.2 Å². The number of benzene rings is 2. The molecule has 5 aromatic rings. The SMILES string of the molecule is COc1ccc2c(OCc3nnc4ccc(-c5ccc(C(=O)O)c(F)c5)cn34)ccnc2c1. The number of halogens is 1. The molecule has 9 heteroatoms. The molecule has 0 aliphatic carbocycles. The van der Waals surface area contributed by atoms with Crippen LogP contribution in [0, 0.1) is 5.82 Å². The van der Waals surface area contributed by atoms with Crippen molar-refractivity contribution in [1.29, 1.82) is 0 Å². The summed E-state index contributed by atoms with van der Waals surface area (Å²) < 4.78 is 27.2. The summed E-state index contributed by atoms with van der Waals surface area (Å²) in [5, 5.41) is 18.2. The molecule has 0 spiro atoms. The molecular weight excluding hydrogens is 427 g/mol. The smallest absolute Gasteiger partial charge is 0.338 e. The van der Waals surface area contributed by atoms with Crippen molar-refractivity contribution in [1.82, 2.24) is 19.6 Å². The molecule has 0 unspecified atom stereocenters. The third-order valence-electron chi connectivity index (χ3n) is 5.27. The average Bonchev–Trinajstić information content (AvgIpc) is 3.24. The first kappa shape index (κ1) is 20.4. The summed E-state index contributed by atoms with van der Waals surface area (Å²) >= 11 is 0. The van der Waals surface area contributed by atoms with Crippen LogP contribution < -0.4 is 9.47 Å². The first-order valence-electron chi connectivity index (χ1n) is 9.96. The summed E-state index contributed by atoms with van der Waals surface area (Å²) in [7, 11) is 1.60. The zero-order valence-corrected chi connectivity index (χ0v) is 17.4. The Morgan fingerprint density at radius 1 is 1.06 bits per heavy atom. The average molecular weight is 444 g/mol. The molecule has 164 valence electrons. The predicted octanol–water partition coefficient (Wildman–Crippen LogP) is 4.37. The Hall–Kier alpha value is -4.53. The zero-order valence-electron chi connectivity index (χ0n) is 17.4. The van der Waals surface area contributed by atoms with Crippen molar-refractivity contribution in [3.05, 3.63) is 84.2 Å². The van der Waals surface area contributed by atoms with Crippen molar-refractivity contribution in [2.24, 2.45) is 0 Å². The highest BCUT2D eigenvalue weighted by Gasteiger charge is 2.13. The van der Waals surface area contributed by atoms with E-state index in [9.17, 15) is 9.18 Å². The lowest BCUT2D eigenvalue weighted by Gasteiger charge is -2.10. The molecule has 33 heavy (non-hydrogen) atoms. The molecule has 3 heterocycles. The number of methoxy groups -OCH3 is 1. The molecule has 3 aromatic heterocycles. The van der Waals surface area contributed by atoms with E-state index < -0.39 is 11.8 Å². The van der Waals surface area contributed by atoms with Crippen LogP contribution in [0.3, 0.4) is 0 Å². The Bertz CT molecular complexity index is 1520. The number of carbonyl (C=O) groups is 1. The maximum atomic E-state index is 14.2. The molecule has 0 saturated carbocycles. The molecule has 5 rings (SSSR count). The van der Waals surface area contributed by atoms with E-state index >= 15 is 0 Å². The van der Waals surface area contributed by atoms with E-state index in [-0.39, 0.29) is 12.2 Å². The van der Waals surface area contributed by atoms with Gasteiger partial charge in [0, 0.05) is 23.8 Å². The maximum absolute atomic E-state index is 14.2. The minimum atomic E-state index is -1.31. The van der Waals surface area contributed by atoms with Crippen LogP contribution in [0.25, 0.3) is 27.7 Å². The second kappa shape index (κ2) is 8.19. The van der Waals surface area contributed by atoms with E-state index in [1.165, 1.54) is 12.1 Å². The molecular formula is C24H17FN4O4. The molecule has 0 atom stereocenters. The number of carboxylic acid groups (broad SMARTS) is 1. The number of rotatable bonds is 6. The normalized spacial score (nSPS) is 11.1. The van der Waals surface area contributed by atoms with Gasteiger partial charge >= 0.3 is 5.97 Å². The van der Waals surface area contributed by atoms with Crippen LogP contribution >= 0.6 is 0 Å². The van der Waals surface area contributed by atoms with Gasteiger partial charge in [-0.3, -0.25) is 9.38 Å². The molecule has 0 bridgehead atoms. The number of ether oxygens (including phenoxy) is 2. The fraction of sp³-hybridized carbons (Fsp3) is 0.0833. The van der Waals surface area contributed by atoms with Crippen molar-refractivity contribution < 1.29 is 23.8 Å². The van der Waals surface area contributed by atoms with Crippen molar-refractivity contribution in [2.45, 2.75) is 6.61 Å². The molecule has 0 amide bonds. The second-order valence-electron chi connectivity index (χ2n) is 7.24. The van der Waals surface area contributed by atoms with Gasteiger partial charge in [0.2, 0.25) is 0 Å². The summed E-state index contributed by atoms with van der Waals surface area (Å²) in [6.07, 6.45) is 3.42. The quantitative estimate of drug-likeness (QED) is 0.415. The van der Waals surface area contributed by atoms with E-state index in [0.717, 1.165) is 10.9 Å². The molecule has 0 fully saturated rings. The Balaban J connectivity index is 1.45. The lowest BCUT2D eigenvalue weighted by atomic mass is 10.1. The molecule has 2 aromatic carbocycles. The highest BCUT2D eigenvalue weighted by atomic mass is 19.1. The fourth-order valence-electron chi connectivity index (χ4n) is 3.57. The van der Waals surface area contributed by atoms with Gasteiger partial charge in [-0.25, -0.2) is 9.18 Å². The zero-order chi connectivity index (χ0) is 22.9. The minimum Gasteiger partial charge on any atom is -0.497 e. The van der Waals surface area contributed by atoms with Gasteiger partial charge in [-0.1, -0.05) is 6.07 Å². The molecule has 0 aliphatic rings. The van der Waals surface area contributed by atoms with Gasteiger partial charge in [0.25, 0.3) is 0 Å². The number of hydrogen-bond acceptors (Lipinski definition) is 6. The van der Waals surface area contributed by atoms with Crippen LogP contribution in [0.2, 0.25) is 0 Å². The van der Waals surface area contributed by atoms with Crippen LogP contribution in [0.1, 0.15) is 16.2 Å². The lowest BCUT2D eigenvalue weighted by Crippen LogP contribution is -2.03. The van der Waals surface area contributed by atoms with Gasteiger partial charge in [0.1, 0.15) is 23.9 Å². The number of hydrogen-bond donors (Lipinski definition) is 1. The monoisotopic (exact) mass is 444 g/mol. The fourth-order valence-corrected chi connectivity index (χ4v) is 3.57. The van der Waals surface area contributed by atoms with Crippen molar-refractivity contribution in [3.8, 4) is 22.6 Å². The summed E-state index contributed by atoms with van der Waals surface area (Å²) in [5.74, 6) is -0.214. The van der Waals surface area contributed by atoms with Crippen molar-refractivity contribution in [3.63, 3.8) is 0 Å². The first-order chi connectivity index (χ1) is 16.0. The number of aromatic nitrogens is 4. The van der Waals surface area contributed by atoms with E-state index in [1.807, 2.05) is 18.2 Å². The molecule has 0 aliphatic heterocycles. The summed E-state index contributed by atoms with van der Waals surface area (Å²) in [5.41, 5.74) is 2.19. The lowest BCUT2D eigenvalue weighted by molar-refractivity contribution is 0.0692. The molecule has 8 nitrogen and oxygen atoms in total. The highest BCUT2D eigenvalue weighted by molar-refractivity contribution is 5.88. The van der Waals surface area contributed by atoms with Crippen molar-refractivity contribution >= 4 is 22.5 Å². The van der Waals surface area contributed by atoms with Crippen LogP contribution in [0.4, 0.5) is 4.39 Å². The third kappa shape index (κ3) is 3.80. The third-order valence-corrected chi connectivity index (χ3v) is 5.27. The molecule has 0 saturated heterocycles. The summed E-state index contributed by atoms with van der Waals surface area (Å²) in [6.45, 7) is 0.141. The Labute approximate surface area is 186 Å². The molecule has 1 N–H and O–H groups in total. The van der Waals surface area contributed by atoms with Gasteiger partial charge < -0.3 is 14.6 Å². The standard InChI is InChI=1S/C24H17FN4O4/c1-32-16-4-6-18-20(11-16)26-9-8-21(18)33-13-23-28-27-22-7-3-15(12-29(22)23)14-2-5-17(24(30)31)19(25)10-14/h2-12H,13H2,1H3,(H,30,31). The summed E-state index contributed by atoms with van der Waals surface area (Å²) in [4.78, 5) is 15.4. The van der Waals surface area contributed by atoms with Crippen LogP contribution in [0.5, 0.6) is 11.5 Å². The van der Waals surface area contributed by atoms with E-state index in [0.29, 0.717) is 34.1 Å². The Morgan fingerprint density at radius 3 is 2.70 bits per heavy atom. The van der Waals surface area contributed by atoms with Gasteiger partial charge in [0.15, 0.2) is 11.5 Å². The first-order valence-corrected chi connectivity index (χ1v) is 9.96. The van der Waals surface area contributed by atoms with Crippen LogP contribution in [-0.4, -0.2) is 37.8 Å². The predicted molar refractivity (Wildman–Crippen MR) is 118 cm³/mol. The number of fused-ring (bicyclic) bond motifs is 2. The van der Waals surface area contributed by atoms with Crippen molar-refractivity contribution in [2.75, 3.05) is 7.11 Å².